The number of carbonyl (C=O) groups is 1. The van der Waals surface area contributed by atoms with Gasteiger partial charge in [0.1, 0.15) is 11.9 Å². The van der Waals surface area contributed by atoms with Crippen molar-refractivity contribution in [3.63, 3.8) is 0 Å². The third kappa shape index (κ3) is 9.53. The summed E-state index contributed by atoms with van der Waals surface area (Å²) in [6.45, 7) is 3.56. The Labute approximate surface area is 289 Å². The summed E-state index contributed by atoms with van der Waals surface area (Å²) in [7, 11) is 0. The predicted octanol–water partition coefficient (Wildman–Crippen LogP) is 5.33. The first-order valence-electron chi connectivity index (χ1n) is 16.9. The molecule has 0 unspecified atom stereocenters. The number of aliphatic hydroxyl groups is 2. The molecule has 0 aliphatic heterocycles. The number of phenolic OH excluding ortho intramolecular Hbond substituents is 1. The zero-order chi connectivity index (χ0) is 33.8. The molecule has 0 amide bonds. The number of rotatable bonds is 19. The van der Waals surface area contributed by atoms with Crippen LogP contribution in [0.4, 0.5) is 0 Å². The minimum atomic E-state index is -1.75. The summed E-state index contributed by atoms with van der Waals surface area (Å²) < 4.78 is 11.7. The maximum absolute atomic E-state index is 13.2. The molecule has 5 rings (SSSR count). The summed E-state index contributed by atoms with van der Waals surface area (Å²) in [5, 5.41) is 43.4. The predicted molar refractivity (Wildman–Crippen MR) is 190 cm³/mol. The summed E-state index contributed by atoms with van der Waals surface area (Å²) in [6, 6.07) is 13.8. The van der Waals surface area contributed by atoms with Gasteiger partial charge >= 0.3 is 5.97 Å². The Kier molecular flexibility index (Phi) is 13.6. The SMILES string of the molecule is O=C(OC1CCC(NCCCOCCCCCCNC[C@H](O)c2ccc(O)c3[nH]c(=O)ccc23)CC1)C(O)(c1cccs1)c1cccs1. The Hall–Kier alpha value is -3.10. The summed E-state index contributed by atoms with van der Waals surface area (Å²) in [5.41, 5.74) is -1.04. The number of aromatic nitrogens is 1. The number of hydrogen-bond acceptors (Lipinski definition) is 11. The van der Waals surface area contributed by atoms with Gasteiger partial charge in [-0.2, -0.15) is 0 Å². The molecule has 1 saturated carbocycles. The molecule has 48 heavy (non-hydrogen) atoms. The molecule has 6 N–H and O–H groups in total. The maximum Gasteiger partial charge on any atom is 0.349 e. The van der Waals surface area contributed by atoms with Crippen molar-refractivity contribution in [3.8, 4) is 5.75 Å². The molecule has 260 valence electrons. The number of hydrogen-bond donors (Lipinski definition) is 6. The molecule has 10 nitrogen and oxygen atoms in total. The second-order valence-corrected chi connectivity index (χ2v) is 14.3. The Morgan fingerprint density at radius 1 is 0.917 bits per heavy atom. The molecule has 1 aromatic carbocycles. The normalized spacial score (nSPS) is 17.5. The van der Waals surface area contributed by atoms with Crippen LogP contribution in [0.1, 0.15) is 79.2 Å². The summed E-state index contributed by atoms with van der Waals surface area (Å²) in [4.78, 5) is 28.6. The van der Waals surface area contributed by atoms with Crippen molar-refractivity contribution < 1.29 is 29.6 Å². The topological polar surface area (TPSA) is 153 Å². The number of pyridine rings is 1. The van der Waals surface area contributed by atoms with Crippen molar-refractivity contribution in [2.45, 2.75) is 81.6 Å². The zero-order valence-corrected chi connectivity index (χ0v) is 28.8. The lowest BCUT2D eigenvalue weighted by atomic mass is 9.92. The number of aromatic hydroxyl groups is 1. The number of carbonyl (C=O) groups excluding carboxylic acids is 1. The number of aliphatic hydroxyl groups excluding tert-OH is 1. The third-order valence-electron chi connectivity index (χ3n) is 8.89. The highest BCUT2D eigenvalue weighted by molar-refractivity contribution is 7.12. The number of nitrogens with one attached hydrogen (secondary N) is 3. The van der Waals surface area contributed by atoms with Crippen molar-refractivity contribution in [2.24, 2.45) is 0 Å². The van der Waals surface area contributed by atoms with Crippen LogP contribution in [-0.4, -0.2) is 71.3 Å². The van der Waals surface area contributed by atoms with Gasteiger partial charge in [-0.15, -0.1) is 22.7 Å². The Balaban J connectivity index is 0.860. The van der Waals surface area contributed by atoms with Crippen molar-refractivity contribution in [1.29, 1.82) is 0 Å². The minimum Gasteiger partial charge on any atom is -0.506 e. The van der Waals surface area contributed by atoms with Gasteiger partial charge in [0.25, 0.3) is 0 Å². The molecule has 1 aliphatic carbocycles. The molecule has 1 aliphatic rings. The van der Waals surface area contributed by atoms with Gasteiger partial charge in [0.2, 0.25) is 11.2 Å². The fraction of sp³-hybridized carbons (Fsp3) is 0.500. The number of esters is 1. The number of unbranched alkanes of at least 4 members (excludes halogenated alkanes) is 3. The number of benzene rings is 1. The number of thiophene rings is 2. The van der Waals surface area contributed by atoms with Gasteiger partial charge in [-0.1, -0.05) is 31.0 Å². The van der Waals surface area contributed by atoms with Crippen LogP contribution in [0.5, 0.6) is 5.75 Å². The van der Waals surface area contributed by atoms with Crippen LogP contribution in [0, 0.1) is 0 Å². The molecular formula is C36H47N3O7S2. The number of phenols is 1. The van der Waals surface area contributed by atoms with E-state index in [-0.39, 0.29) is 17.4 Å². The average Bonchev–Trinajstić information content (AvgIpc) is 3.84. The second kappa shape index (κ2) is 18.1. The van der Waals surface area contributed by atoms with Crippen LogP contribution in [0.15, 0.2) is 64.1 Å². The Morgan fingerprint density at radius 3 is 2.33 bits per heavy atom. The van der Waals surface area contributed by atoms with Crippen molar-refractivity contribution in [3.05, 3.63) is 85.0 Å². The molecule has 4 aromatic rings. The lowest BCUT2D eigenvalue weighted by Crippen LogP contribution is -2.41. The van der Waals surface area contributed by atoms with Gasteiger partial charge in [0.05, 0.1) is 21.4 Å². The number of fused-ring (bicyclic) bond motifs is 1. The second-order valence-electron chi connectivity index (χ2n) is 12.4. The van der Waals surface area contributed by atoms with E-state index in [9.17, 15) is 24.9 Å². The maximum atomic E-state index is 13.2. The Morgan fingerprint density at radius 2 is 1.62 bits per heavy atom. The highest BCUT2D eigenvalue weighted by Crippen LogP contribution is 2.38. The Bertz CT molecular complexity index is 1570. The van der Waals surface area contributed by atoms with Crippen molar-refractivity contribution >= 4 is 39.5 Å². The van der Waals surface area contributed by atoms with E-state index in [0.29, 0.717) is 38.8 Å². The van der Waals surface area contributed by atoms with Crippen molar-refractivity contribution in [2.75, 3.05) is 32.8 Å². The van der Waals surface area contributed by atoms with Gasteiger partial charge in [0.15, 0.2) is 0 Å². The largest absolute Gasteiger partial charge is 0.506 e. The van der Waals surface area contributed by atoms with Crippen LogP contribution in [0.3, 0.4) is 0 Å². The van der Waals surface area contributed by atoms with E-state index >= 15 is 0 Å². The van der Waals surface area contributed by atoms with E-state index in [0.717, 1.165) is 84.1 Å². The van der Waals surface area contributed by atoms with Crippen LogP contribution < -0.4 is 16.2 Å². The molecular weight excluding hydrogens is 651 g/mol. The highest BCUT2D eigenvalue weighted by atomic mass is 32.1. The van der Waals surface area contributed by atoms with Crippen LogP contribution in [0.25, 0.3) is 10.9 Å². The zero-order valence-electron chi connectivity index (χ0n) is 27.2. The quantitative estimate of drug-likeness (QED) is 0.0564. The monoisotopic (exact) mass is 697 g/mol. The highest BCUT2D eigenvalue weighted by Gasteiger charge is 2.45. The summed E-state index contributed by atoms with van der Waals surface area (Å²) in [6.07, 6.45) is 7.62. The molecule has 0 radical (unpaired) electrons. The first-order chi connectivity index (χ1) is 23.4. The standard InChI is InChI=1S/C36H47N3O7S2/c40-29-16-14-27(28-15-17-33(42)39-34(28)29)30(41)24-37-18-3-1-2-4-20-45-21-7-19-38-25-10-12-26(13-11-25)46-35(43)36(44,31-8-5-22-47-31)32-9-6-23-48-32/h5-6,8-9,14-17,22-23,25-26,30,37-38,40-41,44H,1-4,7,10-13,18-21,24H2,(H,39,42)/t25?,26?,30-/m0/s1. The minimum absolute atomic E-state index is 0.0143. The van der Waals surface area contributed by atoms with Crippen LogP contribution >= 0.6 is 22.7 Å². The van der Waals surface area contributed by atoms with Gasteiger partial charge < -0.3 is 40.4 Å². The molecule has 1 fully saturated rings. The lowest BCUT2D eigenvalue weighted by Gasteiger charge is -2.32. The smallest absolute Gasteiger partial charge is 0.349 e. The van der Waals surface area contributed by atoms with Gasteiger partial charge in [-0.3, -0.25) is 4.79 Å². The van der Waals surface area contributed by atoms with E-state index < -0.39 is 17.7 Å². The van der Waals surface area contributed by atoms with E-state index in [4.69, 9.17) is 9.47 Å². The van der Waals surface area contributed by atoms with Gasteiger partial charge in [-0.05, 0) is 98.6 Å². The third-order valence-corrected chi connectivity index (χ3v) is 10.9. The molecule has 0 bridgehead atoms. The average molecular weight is 698 g/mol. The summed E-state index contributed by atoms with van der Waals surface area (Å²) >= 11 is 2.71. The van der Waals surface area contributed by atoms with Crippen molar-refractivity contribution in [1.82, 2.24) is 15.6 Å². The first kappa shape index (κ1) is 36.2. The molecule has 3 aromatic heterocycles. The fourth-order valence-electron chi connectivity index (χ4n) is 6.20. The fourth-order valence-corrected chi connectivity index (χ4v) is 7.92. The van der Waals surface area contributed by atoms with Gasteiger partial charge in [-0.25, -0.2) is 4.79 Å². The van der Waals surface area contributed by atoms with E-state index in [1.54, 1.807) is 24.3 Å². The first-order valence-corrected chi connectivity index (χ1v) is 18.7. The molecule has 0 spiro atoms. The number of ether oxygens (including phenoxy) is 2. The van der Waals surface area contributed by atoms with Crippen LogP contribution in [0.2, 0.25) is 0 Å². The van der Waals surface area contributed by atoms with Gasteiger partial charge in [0, 0.05) is 37.3 Å². The molecule has 0 saturated heterocycles. The van der Waals surface area contributed by atoms with E-state index in [1.807, 2.05) is 22.9 Å². The van der Waals surface area contributed by atoms with E-state index in [1.165, 1.54) is 34.8 Å². The number of H-pyrrole nitrogens is 1. The molecule has 1 atom stereocenters. The van der Waals surface area contributed by atoms with E-state index in [2.05, 4.69) is 15.6 Å². The molecule has 12 heteroatoms. The number of aromatic amines is 1. The van der Waals surface area contributed by atoms with Crippen LogP contribution in [-0.2, 0) is 19.9 Å². The summed E-state index contributed by atoms with van der Waals surface area (Å²) in [5.74, 6) is -0.603. The molecule has 3 heterocycles. The lowest BCUT2D eigenvalue weighted by molar-refractivity contribution is -0.169.